The Morgan fingerprint density at radius 2 is 1.83 bits per heavy atom. The van der Waals surface area contributed by atoms with Crippen LogP contribution in [-0.4, -0.2) is 35.3 Å². The van der Waals surface area contributed by atoms with E-state index in [0.717, 1.165) is 5.69 Å². The number of anilines is 1. The first kappa shape index (κ1) is 18.1. The Morgan fingerprint density at radius 3 is 2.42 bits per heavy atom. The molecule has 0 saturated heterocycles. The minimum absolute atomic E-state index is 0.316. The van der Waals surface area contributed by atoms with Crippen molar-refractivity contribution in [1.29, 1.82) is 0 Å². The number of aliphatic hydroxyl groups excluding tert-OH is 1. The molecule has 0 aliphatic heterocycles. The van der Waals surface area contributed by atoms with Crippen LogP contribution >= 0.6 is 0 Å². The molecule has 0 saturated carbocycles. The summed E-state index contributed by atoms with van der Waals surface area (Å²) >= 11 is 0. The Morgan fingerprint density at radius 1 is 1.17 bits per heavy atom. The molecule has 5 nitrogen and oxygen atoms in total. The molecule has 2 aromatic rings. The van der Waals surface area contributed by atoms with Crippen molar-refractivity contribution >= 4 is 5.95 Å². The quantitative estimate of drug-likeness (QED) is 0.843. The fourth-order valence-corrected chi connectivity index (χ4v) is 2.45. The fraction of sp³-hybridized carbons (Fsp3) is 0.444. The predicted octanol–water partition coefficient (Wildman–Crippen LogP) is 3.13. The third-order valence-corrected chi connectivity index (χ3v) is 3.54. The van der Waals surface area contributed by atoms with Crippen LogP contribution in [0.25, 0.3) is 0 Å². The average molecular weight is 333 g/mol. The molecule has 6 heteroatoms. The Bertz CT molecular complexity index is 662. The maximum Gasteiger partial charge on any atom is 0.228 e. The van der Waals surface area contributed by atoms with Gasteiger partial charge in [0.1, 0.15) is 5.82 Å². The van der Waals surface area contributed by atoms with E-state index in [1.807, 2.05) is 11.8 Å². The molecule has 0 fully saturated rings. The number of benzene rings is 1. The fourth-order valence-electron chi connectivity index (χ4n) is 2.45. The van der Waals surface area contributed by atoms with Crippen LogP contribution in [0.15, 0.2) is 30.3 Å². The van der Waals surface area contributed by atoms with Gasteiger partial charge in [-0.1, -0.05) is 26.0 Å². The van der Waals surface area contributed by atoms with Gasteiger partial charge in [0.2, 0.25) is 11.8 Å². The monoisotopic (exact) mass is 333 g/mol. The van der Waals surface area contributed by atoms with Gasteiger partial charge in [-0.05, 0) is 30.5 Å². The van der Waals surface area contributed by atoms with Gasteiger partial charge in [0.05, 0.1) is 19.8 Å². The summed E-state index contributed by atoms with van der Waals surface area (Å²) in [5.41, 5.74) is 1.45. The van der Waals surface area contributed by atoms with Gasteiger partial charge in [0, 0.05) is 18.3 Å². The van der Waals surface area contributed by atoms with Crippen molar-refractivity contribution in [2.75, 3.05) is 25.1 Å². The third-order valence-electron chi connectivity index (χ3n) is 3.54. The number of ether oxygens (including phenoxy) is 1. The number of methoxy groups -OCH3 is 1. The first-order chi connectivity index (χ1) is 11.4. The molecule has 0 aliphatic carbocycles. The van der Waals surface area contributed by atoms with Crippen LogP contribution in [0.2, 0.25) is 0 Å². The Balaban J connectivity index is 2.24. The second kappa shape index (κ2) is 8.06. The first-order valence-electron chi connectivity index (χ1n) is 7.97. The second-order valence-electron chi connectivity index (χ2n) is 6.22. The zero-order valence-electron chi connectivity index (χ0n) is 14.5. The van der Waals surface area contributed by atoms with E-state index in [1.54, 1.807) is 25.3 Å². The molecule has 0 radical (unpaired) electrons. The molecule has 1 atom stereocenters. The van der Waals surface area contributed by atoms with E-state index in [1.165, 1.54) is 12.1 Å². The van der Waals surface area contributed by atoms with Crippen molar-refractivity contribution in [2.45, 2.75) is 26.9 Å². The number of aliphatic hydroxyl groups is 1. The van der Waals surface area contributed by atoms with Gasteiger partial charge >= 0.3 is 0 Å². The lowest BCUT2D eigenvalue weighted by molar-refractivity contribution is 0.181. The maximum absolute atomic E-state index is 13.1. The van der Waals surface area contributed by atoms with Gasteiger partial charge in [-0.2, -0.15) is 4.98 Å². The Labute approximate surface area is 142 Å². The van der Waals surface area contributed by atoms with Crippen molar-refractivity contribution in [3.05, 3.63) is 47.4 Å². The van der Waals surface area contributed by atoms with Crippen LogP contribution in [0.4, 0.5) is 10.3 Å². The highest BCUT2D eigenvalue weighted by molar-refractivity contribution is 5.35. The number of aromatic nitrogens is 2. The van der Waals surface area contributed by atoms with Gasteiger partial charge in [0.25, 0.3) is 0 Å². The molecule has 1 N–H and O–H groups in total. The van der Waals surface area contributed by atoms with Gasteiger partial charge in [-0.25, -0.2) is 9.37 Å². The highest BCUT2D eigenvalue weighted by atomic mass is 19.1. The third kappa shape index (κ3) is 4.89. The van der Waals surface area contributed by atoms with Crippen molar-refractivity contribution in [1.82, 2.24) is 9.97 Å². The van der Waals surface area contributed by atoms with Gasteiger partial charge in [-0.3, -0.25) is 0 Å². The minimum atomic E-state index is -0.764. The number of halogens is 1. The molecular formula is C18H24FN3O2. The van der Waals surface area contributed by atoms with Crippen LogP contribution in [0.1, 0.15) is 31.2 Å². The summed E-state index contributed by atoms with van der Waals surface area (Å²) in [6, 6.07) is 7.62. The predicted molar refractivity (Wildman–Crippen MR) is 91.7 cm³/mol. The van der Waals surface area contributed by atoms with E-state index in [9.17, 15) is 9.50 Å². The molecule has 1 heterocycles. The van der Waals surface area contributed by atoms with Gasteiger partial charge in [0.15, 0.2) is 0 Å². The number of rotatable bonds is 7. The summed E-state index contributed by atoms with van der Waals surface area (Å²) in [7, 11) is 1.56. The first-order valence-corrected chi connectivity index (χ1v) is 7.97. The topological polar surface area (TPSA) is 58.5 Å². The molecule has 0 spiro atoms. The zero-order chi connectivity index (χ0) is 17.7. The Hall–Kier alpha value is -2.21. The molecular weight excluding hydrogens is 309 g/mol. The maximum atomic E-state index is 13.1. The van der Waals surface area contributed by atoms with E-state index in [4.69, 9.17) is 4.74 Å². The van der Waals surface area contributed by atoms with Gasteiger partial charge < -0.3 is 14.7 Å². The van der Waals surface area contributed by atoms with E-state index >= 15 is 0 Å². The highest BCUT2D eigenvalue weighted by Gasteiger charge is 2.18. The van der Waals surface area contributed by atoms with E-state index < -0.39 is 6.10 Å². The lowest BCUT2D eigenvalue weighted by Crippen LogP contribution is -2.33. The molecule has 0 aliphatic rings. The number of nitrogens with zero attached hydrogens (tertiary/aromatic N) is 3. The van der Waals surface area contributed by atoms with Crippen molar-refractivity contribution in [2.24, 2.45) is 5.92 Å². The molecule has 0 bridgehead atoms. The Kier molecular flexibility index (Phi) is 6.09. The summed E-state index contributed by atoms with van der Waals surface area (Å²) in [5.74, 6) is 1.04. The summed E-state index contributed by atoms with van der Waals surface area (Å²) in [4.78, 5) is 10.8. The van der Waals surface area contributed by atoms with Crippen LogP contribution in [0.5, 0.6) is 5.88 Å². The van der Waals surface area contributed by atoms with E-state index in [2.05, 4.69) is 23.8 Å². The molecule has 1 aromatic heterocycles. The molecule has 1 aromatic carbocycles. The van der Waals surface area contributed by atoms with Crippen LogP contribution in [-0.2, 0) is 0 Å². The van der Waals surface area contributed by atoms with Crippen LogP contribution in [0, 0.1) is 18.7 Å². The smallest absolute Gasteiger partial charge is 0.228 e. The lowest BCUT2D eigenvalue weighted by Gasteiger charge is -2.27. The number of aryl methyl sites for hydroxylation is 1. The molecule has 2 rings (SSSR count). The molecule has 130 valence electrons. The summed E-state index contributed by atoms with van der Waals surface area (Å²) in [6.45, 7) is 7.05. The summed E-state index contributed by atoms with van der Waals surface area (Å²) in [5, 5.41) is 10.5. The average Bonchev–Trinajstić information content (AvgIpc) is 2.53. The molecule has 0 amide bonds. The van der Waals surface area contributed by atoms with Crippen molar-refractivity contribution in [3.63, 3.8) is 0 Å². The highest BCUT2D eigenvalue weighted by Crippen LogP contribution is 2.21. The second-order valence-corrected chi connectivity index (χ2v) is 6.22. The minimum Gasteiger partial charge on any atom is -0.481 e. The standard InChI is InChI=1S/C18H24FN3O2/c1-12(2)10-22(18-20-13(3)9-17(21-18)24-4)11-16(23)14-5-7-15(19)8-6-14/h5-9,12,16,23H,10-11H2,1-4H3/t16-/m1/s1. The van der Waals surface area contributed by atoms with Crippen LogP contribution < -0.4 is 9.64 Å². The molecule has 0 unspecified atom stereocenters. The van der Waals surface area contributed by atoms with Crippen molar-refractivity contribution in [3.8, 4) is 5.88 Å². The van der Waals surface area contributed by atoms with E-state index in [-0.39, 0.29) is 5.82 Å². The molecule has 24 heavy (non-hydrogen) atoms. The lowest BCUT2D eigenvalue weighted by atomic mass is 10.1. The van der Waals surface area contributed by atoms with Crippen LogP contribution in [0.3, 0.4) is 0 Å². The van der Waals surface area contributed by atoms with Crippen molar-refractivity contribution < 1.29 is 14.2 Å². The summed E-state index contributed by atoms with van der Waals surface area (Å²) in [6.07, 6.45) is -0.764. The number of hydrogen-bond donors (Lipinski definition) is 1. The zero-order valence-corrected chi connectivity index (χ0v) is 14.5. The largest absolute Gasteiger partial charge is 0.481 e. The number of hydrogen-bond acceptors (Lipinski definition) is 5. The van der Waals surface area contributed by atoms with Gasteiger partial charge in [-0.15, -0.1) is 0 Å². The summed E-state index contributed by atoms with van der Waals surface area (Å²) < 4.78 is 18.3. The van der Waals surface area contributed by atoms with E-state index in [0.29, 0.717) is 36.4 Å². The SMILES string of the molecule is COc1cc(C)nc(N(CC(C)C)C[C@@H](O)c2ccc(F)cc2)n1. The normalized spacial score (nSPS) is 12.3.